The molecule has 1 saturated heterocycles. The number of aromatic nitrogens is 2. The zero-order chi connectivity index (χ0) is 32.6. The number of ether oxygens (including phenoxy) is 1. The highest BCUT2D eigenvalue weighted by Crippen LogP contribution is 2.35. The van der Waals surface area contributed by atoms with Crippen LogP contribution in [0, 0.1) is 6.92 Å². The molecule has 4 aromatic rings. The maximum atomic E-state index is 13.8. The van der Waals surface area contributed by atoms with Crippen LogP contribution in [0.15, 0.2) is 72.4 Å². The molecule has 3 N–H and O–H groups in total. The highest BCUT2D eigenvalue weighted by molar-refractivity contribution is 7.09. The smallest absolute Gasteiger partial charge is 0.254 e. The van der Waals surface area contributed by atoms with E-state index in [0.29, 0.717) is 42.3 Å². The maximum Gasteiger partial charge on any atom is 0.254 e. The summed E-state index contributed by atoms with van der Waals surface area (Å²) < 4.78 is 5.51. The second kappa shape index (κ2) is 15.4. The highest BCUT2D eigenvalue weighted by Gasteiger charge is 2.33. The molecular formula is C36H43N5O4S. The van der Waals surface area contributed by atoms with Crippen LogP contribution < -0.4 is 15.4 Å². The van der Waals surface area contributed by atoms with Crippen molar-refractivity contribution in [2.75, 3.05) is 20.2 Å². The van der Waals surface area contributed by atoms with Gasteiger partial charge in [-0.25, -0.2) is 4.98 Å². The number of carbonyl (C=O) groups is 2. The van der Waals surface area contributed by atoms with Crippen molar-refractivity contribution >= 4 is 23.2 Å². The third-order valence-corrected chi connectivity index (χ3v) is 9.40. The summed E-state index contributed by atoms with van der Waals surface area (Å²) in [5.41, 5.74) is 4.78. The topological polar surface area (TPSA) is 117 Å². The summed E-state index contributed by atoms with van der Waals surface area (Å²) in [5, 5.41) is 20.6. The first-order valence-corrected chi connectivity index (χ1v) is 16.7. The van der Waals surface area contributed by atoms with Crippen molar-refractivity contribution in [3.63, 3.8) is 0 Å². The summed E-state index contributed by atoms with van der Waals surface area (Å²) >= 11 is 1.57. The van der Waals surface area contributed by atoms with Crippen LogP contribution in [0.2, 0.25) is 0 Å². The van der Waals surface area contributed by atoms with E-state index in [1.165, 1.54) is 7.11 Å². The van der Waals surface area contributed by atoms with E-state index in [1.807, 2.05) is 59.9 Å². The Morgan fingerprint density at radius 2 is 1.87 bits per heavy atom. The molecule has 46 heavy (non-hydrogen) atoms. The van der Waals surface area contributed by atoms with Gasteiger partial charge >= 0.3 is 0 Å². The molecule has 0 bridgehead atoms. The molecule has 3 atom stereocenters. The summed E-state index contributed by atoms with van der Waals surface area (Å²) in [4.78, 5) is 38.4. The van der Waals surface area contributed by atoms with Crippen molar-refractivity contribution in [1.82, 2.24) is 25.5 Å². The fourth-order valence-electron chi connectivity index (χ4n) is 5.76. The minimum absolute atomic E-state index is 0.0868. The van der Waals surface area contributed by atoms with Crippen molar-refractivity contribution in [2.45, 2.75) is 70.7 Å². The monoisotopic (exact) mass is 641 g/mol. The van der Waals surface area contributed by atoms with Crippen molar-refractivity contribution in [2.24, 2.45) is 0 Å². The molecule has 5 rings (SSSR count). The summed E-state index contributed by atoms with van der Waals surface area (Å²) in [6, 6.07) is 16.1. The number of benzene rings is 2. The van der Waals surface area contributed by atoms with E-state index in [0.717, 1.165) is 40.2 Å². The largest absolute Gasteiger partial charge is 0.497 e. The van der Waals surface area contributed by atoms with Crippen LogP contribution in [-0.2, 0) is 13.0 Å². The second-order valence-corrected chi connectivity index (χ2v) is 13.1. The minimum Gasteiger partial charge on any atom is -0.497 e. The number of carbonyl (C=O) groups excluding carboxylic acids is 2. The lowest BCUT2D eigenvalue weighted by Gasteiger charge is -2.26. The van der Waals surface area contributed by atoms with Crippen molar-refractivity contribution < 1.29 is 19.4 Å². The number of aryl methyl sites for hydroxylation is 1. The average molecular weight is 642 g/mol. The molecule has 1 fully saturated rings. The number of nitrogens with one attached hydrogen (secondary N) is 2. The molecule has 9 nitrogen and oxygen atoms in total. The Balaban J connectivity index is 1.32. The van der Waals surface area contributed by atoms with Gasteiger partial charge in [-0.05, 0) is 67.0 Å². The molecule has 0 saturated carbocycles. The van der Waals surface area contributed by atoms with Gasteiger partial charge < -0.3 is 25.4 Å². The number of hydrogen-bond donors (Lipinski definition) is 3. The molecule has 2 amide bonds. The van der Waals surface area contributed by atoms with Crippen LogP contribution >= 0.6 is 11.3 Å². The highest BCUT2D eigenvalue weighted by atomic mass is 32.1. The Labute approximate surface area is 275 Å². The SMILES string of the molecule is COc1cc(C(=O)N[C@@H](Cc2ccccc2)[C@H](O)CNCc2cncc(C(C)C)c2)cc(C(=O)N2CCC[C@@H]2c2nc(C)cs2)c1. The number of amides is 2. The van der Waals surface area contributed by atoms with Gasteiger partial charge in [0.1, 0.15) is 10.8 Å². The molecule has 10 heteroatoms. The van der Waals surface area contributed by atoms with Crippen LogP contribution in [0.5, 0.6) is 5.75 Å². The fourth-order valence-corrected chi connectivity index (χ4v) is 6.70. The van der Waals surface area contributed by atoms with Gasteiger partial charge in [0, 0.05) is 54.2 Å². The number of pyridine rings is 1. The number of thiazole rings is 1. The molecule has 0 radical (unpaired) electrons. The summed E-state index contributed by atoms with van der Waals surface area (Å²) in [5.74, 6) is 0.227. The Morgan fingerprint density at radius 1 is 1.09 bits per heavy atom. The Hall–Kier alpha value is -4.12. The Morgan fingerprint density at radius 3 is 2.59 bits per heavy atom. The lowest BCUT2D eigenvalue weighted by Crippen LogP contribution is -2.48. The Kier molecular flexibility index (Phi) is 11.2. The predicted octanol–water partition coefficient (Wildman–Crippen LogP) is 5.45. The Bertz CT molecular complexity index is 1630. The van der Waals surface area contributed by atoms with E-state index in [1.54, 1.807) is 29.5 Å². The van der Waals surface area contributed by atoms with E-state index in [9.17, 15) is 14.7 Å². The summed E-state index contributed by atoms with van der Waals surface area (Å²) in [6.07, 6.45) is 4.97. The van der Waals surface area contributed by atoms with Crippen molar-refractivity contribution in [3.8, 4) is 5.75 Å². The first-order valence-electron chi connectivity index (χ1n) is 15.8. The average Bonchev–Trinajstić information content (AvgIpc) is 3.73. The quantitative estimate of drug-likeness (QED) is 0.178. The van der Waals surface area contributed by atoms with Gasteiger partial charge in [0.2, 0.25) is 0 Å². The zero-order valence-corrected chi connectivity index (χ0v) is 27.7. The lowest BCUT2D eigenvalue weighted by molar-refractivity contribution is 0.0735. The fraction of sp³-hybridized carbons (Fsp3) is 0.389. The van der Waals surface area contributed by atoms with Crippen molar-refractivity contribution in [3.05, 3.63) is 111 Å². The standard InChI is InChI=1S/C36H43N5O4S/c1-23(2)29-13-26(18-37-20-29)19-38-21-33(42)31(14-25-9-6-5-7-10-25)40-34(43)27-15-28(17-30(16-27)45-4)36(44)41-12-8-11-32(41)35-39-24(3)22-46-35/h5-7,9-10,13,15-18,20,22-23,31-33,38,42H,8,11-12,14,19,21H2,1-4H3,(H,40,43)/t31-,32+,33+/m0/s1. The molecule has 242 valence electrons. The second-order valence-electron chi connectivity index (χ2n) is 12.2. The van der Waals surface area contributed by atoms with Gasteiger partial charge in [-0.15, -0.1) is 11.3 Å². The molecule has 0 unspecified atom stereocenters. The molecule has 2 aromatic heterocycles. The van der Waals surface area contributed by atoms with Gasteiger partial charge in [-0.3, -0.25) is 14.6 Å². The van der Waals surface area contributed by atoms with Gasteiger partial charge in [0.25, 0.3) is 11.8 Å². The van der Waals surface area contributed by atoms with Crippen LogP contribution in [0.4, 0.5) is 0 Å². The molecule has 3 heterocycles. The van der Waals surface area contributed by atoms with E-state index < -0.39 is 18.1 Å². The van der Waals surface area contributed by atoms with E-state index in [4.69, 9.17) is 4.74 Å². The number of aliphatic hydroxyl groups excluding tert-OH is 1. The number of nitrogens with zero attached hydrogens (tertiary/aromatic N) is 3. The van der Waals surface area contributed by atoms with Crippen LogP contribution in [0.25, 0.3) is 0 Å². The van der Waals surface area contributed by atoms with Crippen LogP contribution in [0.3, 0.4) is 0 Å². The third-order valence-electron chi connectivity index (χ3n) is 8.33. The van der Waals surface area contributed by atoms with Gasteiger partial charge in [-0.2, -0.15) is 0 Å². The molecular weight excluding hydrogens is 598 g/mol. The molecule has 1 aliphatic heterocycles. The van der Waals surface area contributed by atoms with Gasteiger partial charge in [0.05, 0.1) is 25.3 Å². The lowest BCUT2D eigenvalue weighted by atomic mass is 10.00. The minimum atomic E-state index is -0.885. The summed E-state index contributed by atoms with van der Waals surface area (Å²) in [7, 11) is 1.52. The van der Waals surface area contributed by atoms with Crippen LogP contribution in [-0.4, -0.2) is 64.1 Å². The zero-order valence-electron chi connectivity index (χ0n) is 26.9. The predicted molar refractivity (Wildman–Crippen MR) is 180 cm³/mol. The van der Waals surface area contributed by atoms with E-state index in [2.05, 4.69) is 40.5 Å². The number of aliphatic hydroxyl groups is 1. The maximum absolute atomic E-state index is 13.8. The van der Waals surface area contributed by atoms with Crippen LogP contribution in [0.1, 0.15) is 86.8 Å². The number of methoxy groups -OCH3 is 1. The van der Waals surface area contributed by atoms with E-state index >= 15 is 0 Å². The summed E-state index contributed by atoms with van der Waals surface area (Å²) in [6.45, 7) is 7.63. The van der Waals surface area contributed by atoms with E-state index in [-0.39, 0.29) is 18.5 Å². The molecule has 2 aromatic carbocycles. The number of likely N-dealkylation sites (tertiary alicyclic amines) is 1. The first kappa shape index (κ1) is 33.2. The van der Waals surface area contributed by atoms with Gasteiger partial charge in [0.15, 0.2) is 0 Å². The molecule has 1 aliphatic rings. The third kappa shape index (κ3) is 8.37. The van der Waals surface area contributed by atoms with Crippen molar-refractivity contribution in [1.29, 1.82) is 0 Å². The number of rotatable bonds is 13. The first-order chi connectivity index (χ1) is 22.2. The molecule has 0 spiro atoms. The molecule has 0 aliphatic carbocycles. The number of hydrogen-bond acceptors (Lipinski definition) is 8. The normalized spacial score (nSPS) is 16.0. The van der Waals surface area contributed by atoms with Gasteiger partial charge in [-0.1, -0.05) is 50.2 Å².